The van der Waals surface area contributed by atoms with Crippen LogP contribution in [0.3, 0.4) is 0 Å². The van der Waals surface area contributed by atoms with Crippen molar-refractivity contribution in [3.63, 3.8) is 0 Å². The highest BCUT2D eigenvalue weighted by atomic mass is 16.5. The Balaban J connectivity index is 1.48. The molecule has 0 unspecified atom stereocenters. The molecule has 6 nitrogen and oxygen atoms in total. The van der Waals surface area contributed by atoms with Crippen LogP contribution < -0.4 is 4.74 Å². The molecule has 0 N–H and O–H groups in total. The van der Waals surface area contributed by atoms with Crippen LogP contribution in [0.15, 0.2) is 47.0 Å². The summed E-state index contributed by atoms with van der Waals surface area (Å²) in [6, 6.07) is 10.00. The number of benzene rings is 1. The maximum absolute atomic E-state index is 13.0. The standard InChI is InChI=1S/C26H31N3O3/c1-5-31-24-16-25-23(19(3)20(4)32-25)15-22(24)18(2)14-26(30)29-12-10-28(11-13-29)17-21-8-6-7-9-27-21/h6-9,14-16H,5,10-13,17H2,1-4H3/b18-14+. The van der Waals surface area contributed by atoms with Gasteiger partial charge in [0.05, 0.1) is 12.3 Å². The molecule has 0 aliphatic carbocycles. The van der Waals surface area contributed by atoms with Crippen molar-refractivity contribution in [3.8, 4) is 5.75 Å². The normalized spacial score (nSPS) is 15.4. The number of hydrogen-bond acceptors (Lipinski definition) is 5. The summed E-state index contributed by atoms with van der Waals surface area (Å²) in [6.45, 7) is 12.4. The maximum atomic E-state index is 13.0. The number of aromatic nitrogens is 1. The van der Waals surface area contributed by atoms with Gasteiger partial charge in [0.25, 0.3) is 0 Å². The second-order valence-electron chi connectivity index (χ2n) is 8.31. The van der Waals surface area contributed by atoms with Gasteiger partial charge in [0, 0.05) is 62.0 Å². The Morgan fingerprint density at radius 3 is 2.66 bits per heavy atom. The minimum Gasteiger partial charge on any atom is -0.493 e. The summed E-state index contributed by atoms with van der Waals surface area (Å²) >= 11 is 0. The molecule has 3 heterocycles. The fourth-order valence-electron chi connectivity index (χ4n) is 4.15. The van der Waals surface area contributed by atoms with Gasteiger partial charge < -0.3 is 14.1 Å². The molecule has 1 amide bonds. The van der Waals surface area contributed by atoms with E-state index in [1.807, 2.05) is 56.1 Å². The van der Waals surface area contributed by atoms with Crippen LogP contribution in [0.4, 0.5) is 0 Å². The second-order valence-corrected chi connectivity index (χ2v) is 8.31. The predicted molar refractivity (Wildman–Crippen MR) is 127 cm³/mol. The molecule has 1 aliphatic heterocycles. The Morgan fingerprint density at radius 2 is 1.97 bits per heavy atom. The third kappa shape index (κ3) is 4.70. The van der Waals surface area contributed by atoms with E-state index in [1.54, 1.807) is 6.08 Å². The first-order valence-corrected chi connectivity index (χ1v) is 11.2. The molecule has 0 saturated carbocycles. The van der Waals surface area contributed by atoms with E-state index < -0.39 is 0 Å². The molecular formula is C26H31N3O3. The molecule has 168 valence electrons. The molecule has 1 aliphatic rings. The van der Waals surface area contributed by atoms with E-state index in [9.17, 15) is 4.79 Å². The van der Waals surface area contributed by atoms with E-state index in [-0.39, 0.29) is 5.91 Å². The molecule has 0 radical (unpaired) electrons. The molecular weight excluding hydrogens is 402 g/mol. The van der Waals surface area contributed by atoms with Crippen molar-refractivity contribution in [2.75, 3.05) is 32.8 Å². The Bertz CT molecular complexity index is 1130. The molecule has 1 fully saturated rings. The number of carbonyl (C=O) groups is 1. The van der Waals surface area contributed by atoms with Crippen LogP contribution in [0, 0.1) is 13.8 Å². The number of nitrogens with zero attached hydrogens (tertiary/aromatic N) is 3. The van der Waals surface area contributed by atoms with Gasteiger partial charge in [-0.3, -0.25) is 14.7 Å². The maximum Gasteiger partial charge on any atom is 0.246 e. The van der Waals surface area contributed by atoms with Crippen molar-refractivity contribution < 1.29 is 13.9 Å². The molecule has 0 spiro atoms. The van der Waals surface area contributed by atoms with Crippen molar-refractivity contribution in [2.24, 2.45) is 0 Å². The van der Waals surface area contributed by atoms with Gasteiger partial charge >= 0.3 is 0 Å². The number of rotatable bonds is 6. The van der Waals surface area contributed by atoms with Crippen LogP contribution in [0.5, 0.6) is 5.75 Å². The highest BCUT2D eigenvalue weighted by molar-refractivity contribution is 5.97. The van der Waals surface area contributed by atoms with Crippen LogP contribution in [-0.4, -0.2) is 53.5 Å². The van der Waals surface area contributed by atoms with Gasteiger partial charge in [-0.25, -0.2) is 0 Å². The highest BCUT2D eigenvalue weighted by Crippen LogP contribution is 2.35. The van der Waals surface area contributed by atoms with Gasteiger partial charge in [0.1, 0.15) is 17.1 Å². The molecule has 3 aromatic rings. The molecule has 1 saturated heterocycles. The molecule has 2 aromatic heterocycles. The zero-order chi connectivity index (χ0) is 22.7. The van der Waals surface area contributed by atoms with Crippen LogP contribution >= 0.6 is 0 Å². The summed E-state index contributed by atoms with van der Waals surface area (Å²) in [6.07, 6.45) is 3.56. The number of carbonyl (C=O) groups excluding carboxylic acids is 1. The molecule has 0 atom stereocenters. The van der Waals surface area contributed by atoms with Crippen molar-refractivity contribution >= 4 is 22.4 Å². The smallest absolute Gasteiger partial charge is 0.246 e. The van der Waals surface area contributed by atoms with Gasteiger partial charge in [-0.15, -0.1) is 0 Å². The van der Waals surface area contributed by atoms with Gasteiger partial charge in [-0.1, -0.05) is 6.07 Å². The first-order chi connectivity index (χ1) is 15.5. The van der Waals surface area contributed by atoms with Crippen LogP contribution in [-0.2, 0) is 11.3 Å². The average molecular weight is 434 g/mol. The predicted octanol–water partition coefficient (Wildman–Crippen LogP) is 4.59. The monoisotopic (exact) mass is 433 g/mol. The van der Waals surface area contributed by atoms with Crippen molar-refractivity contribution in [1.82, 2.24) is 14.8 Å². The highest BCUT2D eigenvalue weighted by Gasteiger charge is 2.21. The van der Waals surface area contributed by atoms with Gasteiger partial charge in [0.15, 0.2) is 0 Å². The lowest BCUT2D eigenvalue weighted by atomic mass is 10.0. The minimum atomic E-state index is 0.0441. The van der Waals surface area contributed by atoms with Crippen molar-refractivity contribution in [2.45, 2.75) is 34.2 Å². The Labute approximate surface area is 189 Å². The Kier molecular flexibility index (Phi) is 6.61. The third-order valence-electron chi connectivity index (χ3n) is 6.14. The van der Waals surface area contributed by atoms with Crippen molar-refractivity contribution in [3.05, 3.63) is 65.2 Å². The minimum absolute atomic E-state index is 0.0441. The first-order valence-electron chi connectivity index (χ1n) is 11.2. The summed E-state index contributed by atoms with van der Waals surface area (Å²) in [5.74, 6) is 1.69. The third-order valence-corrected chi connectivity index (χ3v) is 6.14. The first kappa shape index (κ1) is 22.1. The van der Waals surface area contributed by atoms with E-state index in [4.69, 9.17) is 9.15 Å². The number of fused-ring (bicyclic) bond motifs is 1. The molecule has 32 heavy (non-hydrogen) atoms. The van der Waals surface area contributed by atoms with Crippen LogP contribution in [0.25, 0.3) is 16.5 Å². The number of pyridine rings is 1. The van der Waals surface area contributed by atoms with E-state index in [2.05, 4.69) is 22.9 Å². The number of amides is 1. The van der Waals surface area contributed by atoms with Crippen LogP contribution in [0.1, 0.15) is 36.4 Å². The number of aryl methyl sites for hydroxylation is 2. The number of hydrogen-bond donors (Lipinski definition) is 0. The number of ether oxygens (including phenoxy) is 1. The Hall–Kier alpha value is -3.12. The van der Waals surface area contributed by atoms with Gasteiger partial charge in [0.2, 0.25) is 5.91 Å². The SMILES string of the molecule is CCOc1cc2oc(C)c(C)c2cc1/C(C)=C/C(=O)N1CCN(Cc2ccccn2)CC1. The second kappa shape index (κ2) is 9.57. The molecule has 4 rings (SSSR count). The largest absolute Gasteiger partial charge is 0.493 e. The summed E-state index contributed by atoms with van der Waals surface area (Å²) in [5.41, 5.74) is 4.83. The summed E-state index contributed by atoms with van der Waals surface area (Å²) in [4.78, 5) is 21.7. The summed E-state index contributed by atoms with van der Waals surface area (Å²) in [5, 5.41) is 1.06. The average Bonchev–Trinajstić information content (AvgIpc) is 3.07. The van der Waals surface area contributed by atoms with E-state index >= 15 is 0 Å². The molecule has 6 heteroatoms. The van der Waals surface area contributed by atoms with E-state index in [1.165, 1.54) is 0 Å². The molecule has 0 bridgehead atoms. The van der Waals surface area contributed by atoms with Gasteiger partial charge in [-0.05, 0) is 57.0 Å². The lowest BCUT2D eigenvalue weighted by Gasteiger charge is -2.34. The fourth-order valence-corrected chi connectivity index (χ4v) is 4.15. The quantitative estimate of drug-likeness (QED) is 0.532. The zero-order valence-corrected chi connectivity index (χ0v) is 19.4. The van der Waals surface area contributed by atoms with Crippen molar-refractivity contribution in [1.29, 1.82) is 0 Å². The van der Waals surface area contributed by atoms with Crippen LogP contribution in [0.2, 0.25) is 0 Å². The topological polar surface area (TPSA) is 58.8 Å². The van der Waals surface area contributed by atoms with Gasteiger partial charge in [-0.2, -0.15) is 0 Å². The lowest BCUT2D eigenvalue weighted by Crippen LogP contribution is -2.47. The van der Waals surface area contributed by atoms with E-state index in [0.717, 1.165) is 64.5 Å². The van der Waals surface area contributed by atoms with E-state index in [0.29, 0.717) is 19.7 Å². The number of furan rings is 1. The Morgan fingerprint density at radius 1 is 1.19 bits per heavy atom. The summed E-state index contributed by atoms with van der Waals surface area (Å²) < 4.78 is 11.7. The molecule has 1 aromatic carbocycles. The number of piperazine rings is 1. The lowest BCUT2D eigenvalue weighted by molar-refractivity contribution is -0.127. The zero-order valence-electron chi connectivity index (χ0n) is 19.4. The fraction of sp³-hybridized carbons (Fsp3) is 0.385. The number of allylic oxidation sites excluding steroid dienone is 1. The summed E-state index contributed by atoms with van der Waals surface area (Å²) in [7, 11) is 0.